The molecule has 1 aliphatic heterocycles. The molecule has 2 aliphatic rings. The van der Waals surface area contributed by atoms with Crippen molar-refractivity contribution in [2.45, 2.75) is 64.8 Å². The van der Waals surface area contributed by atoms with Gasteiger partial charge in [0.1, 0.15) is 0 Å². The zero-order valence-corrected chi connectivity index (χ0v) is 13.8. The highest BCUT2D eigenvalue weighted by Gasteiger charge is 2.19. The first-order valence-electron chi connectivity index (χ1n) is 8.95. The molecule has 1 aliphatic carbocycles. The van der Waals surface area contributed by atoms with Crippen LogP contribution in [0.5, 0.6) is 0 Å². The Morgan fingerprint density at radius 3 is 2.55 bits per heavy atom. The van der Waals surface area contributed by atoms with E-state index < -0.39 is 0 Å². The third-order valence-corrected chi connectivity index (χ3v) is 5.28. The molecule has 1 saturated carbocycles. The van der Waals surface area contributed by atoms with Crippen LogP contribution < -0.4 is 5.43 Å². The molecular formula is C18H29N3O. The first-order chi connectivity index (χ1) is 10.7. The summed E-state index contributed by atoms with van der Waals surface area (Å²) in [5, 5.41) is 2.07. The van der Waals surface area contributed by atoms with Crippen LogP contribution in [0, 0.1) is 12.8 Å². The van der Waals surface area contributed by atoms with Gasteiger partial charge in [0.25, 0.3) is 5.91 Å². The minimum atomic E-state index is 0.0572. The van der Waals surface area contributed by atoms with Crippen LogP contribution >= 0.6 is 0 Å². The predicted octanol–water partition coefficient (Wildman–Crippen LogP) is 3.51. The SMILES string of the molecule is Cc1c(C(=O)NN2CCCCC2)ccn1CC1CCCCC1. The zero-order chi connectivity index (χ0) is 15.4. The summed E-state index contributed by atoms with van der Waals surface area (Å²) in [6.07, 6.45) is 12.5. The number of nitrogens with one attached hydrogen (secondary N) is 1. The smallest absolute Gasteiger partial charge is 0.267 e. The largest absolute Gasteiger partial charge is 0.351 e. The van der Waals surface area contributed by atoms with Crippen molar-refractivity contribution in [3.8, 4) is 0 Å². The van der Waals surface area contributed by atoms with E-state index in [0.29, 0.717) is 0 Å². The monoisotopic (exact) mass is 303 g/mol. The van der Waals surface area contributed by atoms with E-state index in [1.54, 1.807) is 0 Å². The Kier molecular flexibility index (Phi) is 5.19. The van der Waals surface area contributed by atoms with Gasteiger partial charge < -0.3 is 4.57 Å². The molecule has 4 heteroatoms. The van der Waals surface area contributed by atoms with Crippen LogP contribution in [-0.4, -0.2) is 28.6 Å². The highest BCUT2D eigenvalue weighted by molar-refractivity contribution is 5.95. The van der Waals surface area contributed by atoms with Crippen molar-refractivity contribution >= 4 is 5.91 Å². The summed E-state index contributed by atoms with van der Waals surface area (Å²) < 4.78 is 2.28. The van der Waals surface area contributed by atoms with E-state index in [-0.39, 0.29) is 5.91 Å². The highest BCUT2D eigenvalue weighted by Crippen LogP contribution is 2.26. The Balaban J connectivity index is 1.60. The lowest BCUT2D eigenvalue weighted by molar-refractivity contribution is 0.0749. The molecule has 1 saturated heterocycles. The van der Waals surface area contributed by atoms with Crippen molar-refractivity contribution in [2.24, 2.45) is 5.92 Å². The second kappa shape index (κ2) is 7.32. The van der Waals surface area contributed by atoms with E-state index in [0.717, 1.165) is 36.8 Å². The van der Waals surface area contributed by atoms with Crippen LogP contribution in [0.1, 0.15) is 67.4 Å². The van der Waals surface area contributed by atoms with E-state index in [2.05, 4.69) is 28.1 Å². The molecule has 2 heterocycles. The number of piperidine rings is 1. The number of hydrazine groups is 1. The van der Waals surface area contributed by atoms with E-state index in [4.69, 9.17) is 0 Å². The van der Waals surface area contributed by atoms with Crippen LogP contribution in [0.4, 0.5) is 0 Å². The lowest BCUT2D eigenvalue weighted by atomic mass is 9.89. The van der Waals surface area contributed by atoms with Crippen LogP contribution in [0.3, 0.4) is 0 Å². The van der Waals surface area contributed by atoms with Crippen molar-refractivity contribution in [1.82, 2.24) is 15.0 Å². The summed E-state index contributed by atoms with van der Waals surface area (Å²) in [6.45, 7) is 5.11. The van der Waals surface area contributed by atoms with Crippen molar-refractivity contribution in [1.29, 1.82) is 0 Å². The van der Waals surface area contributed by atoms with Gasteiger partial charge in [-0.3, -0.25) is 10.2 Å². The molecule has 0 radical (unpaired) electrons. The zero-order valence-electron chi connectivity index (χ0n) is 13.8. The fourth-order valence-electron chi connectivity index (χ4n) is 3.85. The lowest BCUT2D eigenvalue weighted by Crippen LogP contribution is -2.45. The maximum atomic E-state index is 12.5. The van der Waals surface area contributed by atoms with Gasteiger partial charge in [-0.15, -0.1) is 0 Å². The predicted molar refractivity (Wildman–Crippen MR) is 88.6 cm³/mol. The van der Waals surface area contributed by atoms with Crippen LogP contribution in [-0.2, 0) is 6.54 Å². The van der Waals surface area contributed by atoms with Crippen LogP contribution in [0.25, 0.3) is 0 Å². The molecule has 3 rings (SSSR count). The van der Waals surface area contributed by atoms with Gasteiger partial charge in [-0.25, -0.2) is 5.01 Å². The fraction of sp³-hybridized carbons (Fsp3) is 0.722. The number of hydrogen-bond acceptors (Lipinski definition) is 2. The number of carbonyl (C=O) groups excluding carboxylic acids is 1. The molecule has 0 unspecified atom stereocenters. The van der Waals surface area contributed by atoms with Gasteiger partial charge in [-0.1, -0.05) is 25.7 Å². The fourth-order valence-corrected chi connectivity index (χ4v) is 3.85. The van der Waals surface area contributed by atoms with E-state index in [9.17, 15) is 4.79 Å². The van der Waals surface area contributed by atoms with Crippen LogP contribution in [0.15, 0.2) is 12.3 Å². The average Bonchev–Trinajstić information content (AvgIpc) is 2.90. The summed E-state index contributed by atoms with van der Waals surface area (Å²) >= 11 is 0. The first kappa shape index (κ1) is 15.6. The standard InChI is InChI=1S/C18H29N3O/c1-15-17(18(22)19-21-11-6-3-7-12-21)10-13-20(15)14-16-8-4-2-5-9-16/h10,13,16H,2-9,11-12,14H2,1H3,(H,19,22). The Morgan fingerprint density at radius 1 is 1.14 bits per heavy atom. The molecule has 0 bridgehead atoms. The molecule has 1 aromatic rings. The summed E-state index contributed by atoms with van der Waals surface area (Å²) in [5.41, 5.74) is 5.02. The Bertz CT molecular complexity index is 496. The van der Waals surface area contributed by atoms with Gasteiger partial charge in [0.15, 0.2) is 0 Å². The molecule has 1 N–H and O–H groups in total. The number of rotatable bonds is 4. The van der Waals surface area contributed by atoms with Crippen LogP contribution in [0.2, 0.25) is 0 Å². The molecular weight excluding hydrogens is 274 g/mol. The number of hydrogen-bond donors (Lipinski definition) is 1. The van der Waals surface area contributed by atoms with Gasteiger partial charge in [-0.05, 0) is 44.6 Å². The summed E-state index contributed by atoms with van der Waals surface area (Å²) in [4.78, 5) is 12.5. The van der Waals surface area contributed by atoms with E-state index >= 15 is 0 Å². The molecule has 22 heavy (non-hydrogen) atoms. The average molecular weight is 303 g/mol. The Morgan fingerprint density at radius 2 is 1.82 bits per heavy atom. The minimum absolute atomic E-state index is 0.0572. The second-order valence-corrected chi connectivity index (χ2v) is 6.96. The molecule has 4 nitrogen and oxygen atoms in total. The third-order valence-electron chi connectivity index (χ3n) is 5.28. The third kappa shape index (κ3) is 3.72. The Hall–Kier alpha value is -1.29. The molecule has 1 aromatic heterocycles. The van der Waals surface area contributed by atoms with Crippen molar-refractivity contribution in [3.63, 3.8) is 0 Å². The van der Waals surface area contributed by atoms with Crippen molar-refractivity contribution < 1.29 is 4.79 Å². The van der Waals surface area contributed by atoms with Gasteiger partial charge in [0.05, 0.1) is 5.56 Å². The second-order valence-electron chi connectivity index (χ2n) is 6.96. The first-order valence-corrected chi connectivity index (χ1v) is 8.95. The van der Waals surface area contributed by atoms with Gasteiger partial charge in [0.2, 0.25) is 0 Å². The molecule has 122 valence electrons. The summed E-state index contributed by atoms with van der Waals surface area (Å²) in [6, 6.07) is 1.98. The summed E-state index contributed by atoms with van der Waals surface area (Å²) in [7, 11) is 0. The minimum Gasteiger partial charge on any atom is -0.351 e. The van der Waals surface area contributed by atoms with Crippen molar-refractivity contribution in [3.05, 3.63) is 23.5 Å². The summed E-state index contributed by atoms with van der Waals surface area (Å²) in [5.74, 6) is 0.847. The van der Waals surface area contributed by atoms with E-state index in [1.807, 2.05) is 6.07 Å². The quantitative estimate of drug-likeness (QED) is 0.924. The number of amides is 1. The molecule has 0 atom stereocenters. The maximum Gasteiger partial charge on any atom is 0.267 e. The molecule has 1 amide bonds. The van der Waals surface area contributed by atoms with Gasteiger partial charge >= 0.3 is 0 Å². The number of aromatic nitrogens is 1. The highest BCUT2D eigenvalue weighted by atomic mass is 16.2. The van der Waals surface area contributed by atoms with E-state index in [1.165, 1.54) is 51.4 Å². The Labute approximate surface area is 133 Å². The van der Waals surface area contributed by atoms with Gasteiger partial charge in [0, 0.05) is 31.5 Å². The van der Waals surface area contributed by atoms with Gasteiger partial charge in [-0.2, -0.15) is 0 Å². The number of nitrogens with zero attached hydrogens (tertiary/aromatic N) is 2. The number of carbonyl (C=O) groups is 1. The lowest BCUT2D eigenvalue weighted by Gasteiger charge is -2.27. The maximum absolute atomic E-state index is 12.5. The topological polar surface area (TPSA) is 37.3 Å². The normalized spacial score (nSPS) is 21.0. The molecule has 0 aromatic carbocycles. The molecule has 0 spiro atoms. The molecule has 2 fully saturated rings. The van der Waals surface area contributed by atoms with Crippen molar-refractivity contribution in [2.75, 3.05) is 13.1 Å².